The van der Waals surface area contributed by atoms with Crippen LogP contribution in [-0.2, 0) is 9.59 Å². The second-order valence-corrected chi connectivity index (χ2v) is 4.69. The molecule has 6 heteroatoms. The highest BCUT2D eigenvalue weighted by Gasteiger charge is 2.26. The van der Waals surface area contributed by atoms with E-state index in [0.717, 1.165) is 0 Å². The Morgan fingerprint density at radius 3 is 2.90 bits per heavy atom. The van der Waals surface area contributed by atoms with Gasteiger partial charge in [-0.15, -0.1) is 0 Å². The van der Waals surface area contributed by atoms with Gasteiger partial charge in [0.2, 0.25) is 11.8 Å². The third kappa shape index (κ3) is 3.27. The number of nitrogens with zero attached hydrogens (tertiary/aromatic N) is 1. The van der Waals surface area contributed by atoms with E-state index in [1.54, 1.807) is 26.2 Å². The van der Waals surface area contributed by atoms with Gasteiger partial charge in [0.1, 0.15) is 5.75 Å². The summed E-state index contributed by atoms with van der Waals surface area (Å²) in [5, 5.41) is 5.58. The molecule has 1 aromatic carbocycles. The van der Waals surface area contributed by atoms with Crippen molar-refractivity contribution in [3.05, 3.63) is 24.3 Å². The summed E-state index contributed by atoms with van der Waals surface area (Å²) in [4.78, 5) is 25.5. The topological polar surface area (TPSA) is 70.7 Å². The van der Waals surface area contributed by atoms with E-state index in [-0.39, 0.29) is 24.4 Å². The minimum atomic E-state index is -0.369. The number of carbonyl (C=O) groups excluding carboxylic acids is 2. The fourth-order valence-corrected chi connectivity index (χ4v) is 2.14. The molecule has 2 rings (SSSR count). The van der Waals surface area contributed by atoms with Crippen LogP contribution in [0.25, 0.3) is 0 Å². The lowest BCUT2D eigenvalue weighted by Crippen LogP contribution is -2.53. The number of nitrogens with one attached hydrogen (secondary N) is 2. The summed E-state index contributed by atoms with van der Waals surface area (Å²) >= 11 is 0. The van der Waals surface area contributed by atoms with Gasteiger partial charge in [0, 0.05) is 13.1 Å². The molecule has 1 saturated heterocycles. The molecule has 0 aliphatic carbocycles. The molecule has 1 fully saturated rings. The average Bonchev–Trinajstić information content (AvgIpc) is 2.47. The zero-order valence-electron chi connectivity index (χ0n) is 11.7. The molecule has 1 atom stereocenters. The zero-order valence-corrected chi connectivity index (χ0v) is 11.7. The molecule has 108 valence electrons. The summed E-state index contributed by atoms with van der Waals surface area (Å²) in [6, 6.07) is 6.87. The highest BCUT2D eigenvalue weighted by Crippen LogP contribution is 2.23. The van der Waals surface area contributed by atoms with E-state index in [2.05, 4.69) is 10.6 Å². The molecule has 0 radical (unpaired) electrons. The number of carbonyl (C=O) groups is 2. The minimum Gasteiger partial charge on any atom is -0.495 e. The molecule has 0 unspecified atom stereocenters. The van der Waals surface area contributed by atoms with Gasteiger partial charge in [-0.3, -0.25) is 14.5 Å². The van der Waals surface area contributed by atoms with Gasteiger partial charge >= 0.3 is 0 Å². The van der Waals surface area contributed by atoms with Crippen LogP contribution in [0.5, 0.6) is 5.75 Å². The standard InChI is InChI=1S/C14H19N3O3/c1-10(17-8-7-15-13(18)9-17)14(19)16-11-5-3-4-6-12(11)20-2/h3-6,10H,7-9H2,1-2H3,(H,15,18)(H,16,19)/t10-/m1/s1. The van der Waals surface area contributed by atoms with Crippen LogP contribution in [-0.4, -0.2) is 49.5 Å². The van der Waals surface area contributed by atoms with Crippen LogP contribution < -0.4 is 15.4 Å². The minimum absolute atomic E-state index is 0.0480. The summed E-state index contributed by atoms with van der Waals surface area (Å²) in [6.07, 6.45) is 0. The van der Waals surface area contributed by atoms with Crippen molar-refractivity contribution < 1.29 is 14.3 Å². The van der Waals surface area contributed by atoms with Crippen molar-refractivity contribution in [1.82, 2.24) is 10.2 Å². The molecule has 20 heavy (non-hydrogen) atoms. The molecule has 1 aliphatic heterocycles. The van der Waals surface area contributed by atoms with Gasteiger partial charge in [-0.25, -0.2) is 0 Å². The van der Waals surface area contributed by atoms with Gasteiger partial charge in [0.15, 0.2) is 0 Å². The lowest BCUT2D eigenvalue weighted by atomic mass is 10.2. The van der Waals surface area contributed by atoms with Crippen LogP contribution in [0.3, 0.4) is 0 Å². The van der Waals surface area contributed by atoms with Crippen molar-refractivity contribution >= 4 is 17.5 Å². The summed E-state index contributed by atoms with van der Waals surface area (Å²) in [7, 11) is 1.56. The molecular formula is C14H19N3O3. The molecule has 2 amide bonds. The maximum absolute atomic E-state index is 12.2. The Bertz CT molecular complexity index is 504. The first-order valence-corrected chi connectivity index (χ1v) is 6.56. The molecule has 1 aromatic rings. The Morgan fingerprint density at radius 2 is 2.20 bits per heavy atom. The van der Waals surface area contributed by atoms with Gasteiger partial charge in [-0.2, -0.15) is 0 Å². The van der Waals surface area contributed by atoms with E-state index >= 15 is 0 Å². The molecule has 0 bridgehead atoms. The maximum atomic E-state index is 12.2. The van der Waals surface area contributed by atoms with Gasteiger partial charge in [0.25, 0.3) is 0 Å². The maximum Gasteiger partial charge on any atom is 0.241 e. The number of anilines is 1. The fourth-order valence-electron chi connectivity index (χ4n) is 2.14. The number of benzene rings is 1. The van der Waals surface area contributed by atoms with Crippen molar-refractivity contribution in [2.45, 2.75) is 13.0 Å². The Kier molecular flexibility index (Phi) is 4.57. The van der Waals surface area contributed by atoms with E-state index < -0.39 is 0 Å². The van der Waals surface area contributed by atoms with E-state index in [9.17, 15) is 9.59 Å². The fraction of sp³-hybridized carbons (Fsp3) is 0.429. The highest BCUT2D eigenvalue weighted by molar-refractivity contribution is 5.96. The number of ether oxygens (including phenoxy) is 1. The first-order chi connectivity index (χ1) is 9.61. The van der Waals surface area contributed by atoms with Crippen molar-refractivity contribution in [2.24, 2.45) is 0 Å². The van der Waals surface area contributed by atoms with E-state index in [1.165, 1.54) is 0 Å². The largest absolute Gasteiger partial charge is 0.495 e. The molecule has 1 aliphatic rings. The molecule has 0 aromatic heterocycles. The lowest BCUT2D eigenvalue weighted by Gasteiger charge is -2.31. The second kappa shape index (κ2) is 6.38. The Hall–Kier alpha value is -2.08. The Balaban J connectivity index is 2.02. The smallest absolute Gasteiger partial charge is 0.241 e. The Labute approximate surface area is 118 Å². The summed E-state index contributed by atoms with van der Waals surface area (Å²) in [5.41, 5.74) is 0.633. The van der Waals surface area contributed by atoms with Gasteiger partial charge in [0.05, 0.1) is 25.4 Å². The first-order valence-electron chi connectivity index (χ1n) is 6.56. The van der Waals surface area contributed by atoms with Crippen LogP contribution in [0.1, 0.15) is 6.92 Å². The predicted molar refractivity (Wildman–Crippen MR) is 75.7 cm³/mol. The van der Waals surface area contributed by atoms with Crippen molar-refractivity contribution in [1.29, 1.82) is 0 Å². The third-order valence-corrected chi connectivity index (χ3v) is 3.36. The normalized spacial score (nSPS) is 17.2. The van der Waals surface area contributed by atoms with Crippen LogP contribution in [0.4, 0.5) is 5.69 Å². The van der Waals surface area contributed by atoms with E-state index in [4.69, 9.17) is 4.74 Å². The van der Waals surface area contributed by atoms with E-state index in [0.29, 0.717) is 24.5 Å². The number of hydrogen-bond acceptors (Lipinski definition) is 4. The summed E-state index contributed by atoms with van der Waals surface area (Å²) in [5.74, 6) is 0.418. The molecule has 0 saturated carbocycles. The van der Waals surface area contributed by atoms with Gasteiger partial charge < -0.3 is 15.4 Å². The van der Waals surface area contributed by atoms with Crippen molar-refractivity contribution in [3.8, 4) is 5.75 Å². The zero-order chi connectivity index (χ0) is 14.5. The van der Waals surface area contributed by atoms with Gasteiger partial charge in [-0.05, 0) is 19.1 Å². The van der Waals surface area contributed by atoms with Crippen LogP contribution >= 0.6 is 0 Å². The number of amides is 2. The average molecular weight is 277 g/mol. The number of hydrogen-bond donors (Lipinski definition) is 2. The molecule has 1 heterocycles. The molecule has 6 nitrogen and oxygen atoms in total. The molecule has 0 spiro atoms. The highest BCUT2D eigenvalue weighted by atomic mass is 16.5. The second-order valence-electron chi connectivity index (χ2n) is 4.69. The lowest BCUT2D eigenvalue weighted by molar-refractivity contribution is -0.127. The molecular weight excluding hydrogens is 258 g/mol. The molecule has 2 N–H and O–H groups in total. The summed E-state index contributed by atoms with van der Waals surface area (Å²) in [6.45, 7) is 3.29. The first kappa shape index (κ1) is 14.3. The number of methoxy groups -OCH3 is 1. The number of para-hydroxylation sites is 2. The van der Waals surface area contributed by atoms with E-state index in [1.807, 2.05) is 17.0 Å². The van der Waals surface area contributed by atoms with Crippen molar-refractivity contribution in [2.75, 3.05) is 32.1 Å². The third-order valence-electron chi connectivity index (χ3n) is 3.36. The van der Waals surface area contributed by atoms with Gasteiger partial charge in [-0.1, -0.05) is 12.1 Å². The van der Waals surface area contributed by atoms with Crippen LogP contribution in [0.2, 0.25) is 0 Å². The van der Waals surface area contributed by atoms with Crippen molar-refractivity contribution in [3.63, 3.8) is 0 Å². The quantitative estimate of drug-likeness (QED) is 0.838. The number of piperazine rings is 1. The summed E-state index contributed by atoms with van der Waals surface area (Å²) < 4.78 is 5.20. The number of rotatable bonds is 4. The SMILES string of the molecule is COc1ccccc1NC(=O)[C@@H](C)N1CCNC(=O)C1. The monoisotopic (exact) mass is 277 g/mol. The van der Waals surface area contributed by atoms with Crippen LogP contribution in [0, 0.1) is 0 Å². The van der Waals surface area contributed by atoms with Crippen LogP contribution in [0.15, 0.2) is 24.3 Å². The predicted octanol–water partition coefficient (Wildman–Crippen LogP) is 0.454. The Morgan fingerprint density at radius 1 is 1.45 bits per heavy atom.